The number of rotatable bonds is 21. The van der Waals surface area contributed by atoms with E-state index in [0.29, 0.717) is 19.4 Å². The first kappa shape index (κ1) is 41.1. The molecule has 0 saturated carbocycles. The van der Waals surface area contributed by atoms with Gasteiger partial charge in [0.25, 0.3) is 0 Å². The Kier molecular flexibility index (Phi) is 18.4. The molecule has 0 aliphatic carbocycles. The number of aliphatic hydroxyl groups is 1. The van der Waals surface area contributed by atoms with E-state index in [-0.39, 0.29) is 49.3 Å². The Morgan fingerprint density at radius 1 is 0.936 bits per heavy atom. The number of nitrogens with two attached hydrogens (primary N) is 3. The summed E-state index contributed by atoms with van der Waals surface area (Å²) in [6, 6.07) is -6.64. The van der Waals surface area contributed by atoms with Gasteiger partial charge in [0.15, 0.2) is 5.96 Å². The molecule has 0 radical (unpaired) electrons. The Labute approximate surface area is 279 Å². The molecule has 0 unspecified atom stereocenters. The van der Waals surface area contributed by atoms with Crippen molar-refractivity contribution in [3.63, 3.8) is 0 Å². The zero-order chi connectivity index (χ0) is 35.7. The quantitative estimate of drug-likeness (QED) is 0.0243. The number of aliphatic carboxylic acids is 1. The lowest BCUT2D eigenvalue weighted by molar-refractivity contribution is -0.141. The Hall–Kier alpha value is -3.97. The minimum Gasteiger partial charge on any atom is -0.480 e. The van der Waals surface area contributed by atoms with E-state index in [1.165, 1.54) is 13.8 Å². The van der Waals surface area contributed by atoms with E-state index in [2.05, 4.69) is 49.2 Å². The van der Waals surface area contributed by atoms with Gasteiger partial charge in [-0.3, -0.25) is 34.0 Å². The van der Waals surface area contributed by atoms with Crippen LogP contribution in [0.2, 0.25) is 0 Å². The predicted molar refractivity (Wildman–Crippen MR) is 177 cm³/mol. The zero-order valence-electron chi connectivity index (χ0n) is 27.0. The number of thiol groups is 1. The average Bonchev–Trinajstić information content (AvgIpc) is 3.44. The minimum absolute atomic E-state index is 0.000377. The highest BCUT2D eigenvalue weighted by Crippen LogP contribution is 2.16. The molecule has 1 aliphatic rings. The number of aliphatic hydroxyl groups excluding tert-OH is 1. The van der Waals surface area contributed by atoms with Gasteiger partial charge < -0.3 is 54.0 Å². The van der Waals surface area contributed by atoms with Crippen molar-refractivity contribution in [3.8, 4) is 0 Å². The Bertz CT molecular complexity index is 1150. The number of carbonyl (C=O) groups is 6. The van der Waals surface area contributed by atoms with E-state index in [0.717, 1.165) is 6.42 Å². The fourth-order valence-corrected chi connectivity index (χ4v) is 4.69. The molecule has 8 atom stereocenters. The predicted octanol–water partition coefficient (Wildman–Crippen LogP) is -3.51. The molecule has 266 valence electrons. The van der Waals surface area contributed by atoms with E-state index in [9.17, 15) is 33.9 Å². The first-order chi connectivity index (χ1) is 22.1. The maximum Gasteiger partial charge on any atom is 0.327 e. The van der Waals surface area contributed by atoms with Gasteiger partial charge in [0.05, 0.1) is 12.1 Å². The lowest BCUT2D eigenvalue weighted by Crippen LogP contribution is -2.60. The molecule has 0 aromatic rings. The van der Waals surface area contributed by atoms with Crippen LogP contribution in [-0.2, 0) is 28.8 Å². The van der Waals surface area contributed by atoms with E-state index >= 15 is 0 Å². The highest BCUT2D eigenvalue weighted by atomic mass is 32.1. The maximum absolute atomic E-state index is 13.2. The number of hydrogen-bond donors (Lipinski definition) is 11. The van der Waals surface area contributed by atoms with Crippen molar-refractivity contribution in [2.45, 2.75) is 102 Å². The summed E-state index contributed by atoms with van der Waals surface area (Å²) in [7, 11) is 0. The van der Waals surface area contributed by atoms with Gasteiger partial charge in [0, 0.05) is 25.1 Å². The molecule has 0 aromatic heterocycles. The van der Waals surface area contributed by atoms with Crippen LogP contribution in [0.1, 0.15) is 59.3 Å². The van der Waals surface area contributed by atoms with Crippen LogP contribution >= 0.6 is 12.6 Å². The lowest BCUT2D eigenvalue weighted by atomic mass is 10.0. The van der Waals surface area contributed by atoms with Crippen molar-refractivity contribution in [2.24, 2.45) is 33.1 Å². The summed E-state index contributed by atoms with van der Waals surface area (Å²) in [6.45, 7) is 5.04. The van der Waals surface area contributed by atoms with Crippen LogP contribution in [-0.4, -0.2) is 119 Å². The summed E-state index contributed by atoms with van der Waals surface area (Å²) in [4.78, 5) is 83.0. The summed E-state index contributed by atoms with van der Waals surface area (Å²) in [5.41, 5.74) is 16.7. The van der Waals surface area contributed by atoms with Crippen LogP contribution in [0.3, 0.4) is 0 Å². The number of nitrogens with one attached hydrogen (secondary N) is 5. The van der Waals surface area contributed by atoms with Gasteiger partial charge in [-0.2, -0.15) is 12.6 Å². The van der Waals surface area contributed by atoms with Gasteiger partial charge >= 0.3 is 5.97 Å². The van der Waals surface area contributed by atoms with Gasteiger partial charge in [0.1, 0.15) is 30.2 Å². The van der Waals surface area contributed by atoms with E-state index < -0.39 is 72.0 Å². The molecule has 1 rings (SSSR count). The Morgan fingerprint density at radius 3 is 2.15 bits per heavy atom. The van der Waals surface area contributed by atoms with Crippen molar-refractivity contribution in [2.75, 3.05) is 18.8 Å². The van der Waals surface area contributed by atoms with Gasteiger partial charge in [-0.05, 0) is 58.3 Å². The van der Waals surface area contributed by atoms with Gasteiger partial charge in [-0.15, -0.1) is 0 Å². The van der Waals surface area contributed by atoms with Gasteiger partial charge in [-0.25, -0.2) is 4.79 Å². The van der Waals surface area contributed by atoms with E-state index in [1.807, 2.05) is 6.92 Å². The standard InChI is InChI=1S/C28H50N10O8S/c1-14-9-12-32-20(14)25(43)33-10-5-4-7-17(29)23(41)38-21(16(3)39)26(44)36-18(8-6-11-34-28(30)31)24(42)35-15(2)22(40)37-19(13-47)27(45)46/h12,14-21,39,47H,4-11,13,29H2,1-3H3,(H,33,43)(H,35,42)(H,36,44)(H,37,40)(H,38,41)(H,45,46)(H4,30,31,34)/t14-,15+,16-,17+,18+,19+,20-,21+/m1/s1. The molecule has 19 heteroatoms. The average molecular weight is 687 g/mol. The molecule has 18 nitrogen and oxygen atoms in total. The number of hydrogen-bond acceptors (Lipinski definition) is 11. The maximum atomic E-state index is 13.2. The SMILES string of the molecule is C[C@H](NC(=O)[C@H](CCCN=C(N)N)NC(=O)[C@@H](NC(=O)[C@@H](N)CCCCNC(=O)[C@@H]1N=CC[C@H]1C)[C@@H](C)O)C(=O)N[C@@H](CS)C(=O)O. The summed E-state index contributed by atoms with van der Waals surface area (Å²) < 4.78 is 0. The molecule has 0 spiro atoms. The van der Waals surface area contributed by atoms with Crippen LogP contribution in [0, 0.1) is 5.92 Å². The molecule has 13 N–H and O–H groups in total. The van der Waals surface area contributed by atoms with Crippen molar-refractivity contribution < 1.29 is 39.0 Å². The smallest absolute Gasteiger partial charge is 0.327 e. The van der Waals surface area contributed by atoms with E-state index in [4.69, 9.17) is 22.3 Å². The third kappa shape index (κ3) is 15.0. The van der Waals surface area contributed by atoms with Crippen molar-refractivity contribution in [1.82, 2.24) is 26.6 Å². The molecular weight excluding hydrogens is 636 g/mol. The fourth-order valence-electron chi connectivity index (χ4n) is 4.44. The van der Waals surface area contributed by atoms with Gasteiger partial charge in [-0.1, -0.05) is 6.92 Å². The van der Waals surface area contributed by atoms with Crippen LogP contribution in [0.4, 0.5) is 0 Å². The number of aliphatic imine (C=N–C) groups is 2. The van der Waals surface area contributed by atoms with Crippen LogP contribution in [0.25, 0.3) is 0 Å². The number of amides is 5. The minimum atomic E-state index is -1.48. The number of nitrogens with zero attached hydrogens (tertiary/aromatic N) is 2. The fraction of sp³-hybridized carbons (Fsp3) is 0.714. The third-order valence-electron chi connectivity index (χ3n) is 7.32. The molecule has 1 aliphatic heterocycles. The summed E-state index contributed by atoms with van der Waals surface area (Å²) >= 11 is 3.89. The number of carboxylic acid groups (broad SMARTS) is 1. The molecule has 1 heterocycles. The van der Waals surface area contributed by atoms with Crippen molar-refractivity contribution in [3.05, 3.63) is 0 Å². The Morgan fingerprint density at radius 2 is 1.60 bits per heavy atom. The second kappa shape index (κ2) is 21.0. The highest BCUT2D eigenvalue weighted by molar-refractivity contribution is 7.80. The molecular formula is C28H50N10O8S. The highest BCUT2D eigenvalue weighted by Gasteiger charge is 2.32. The molecule has 47 heavy (non-hydrogen) atoms. The zero-order valence-corrected chi connectivity index (χ0v) is 27.9. The topological polar surface area (TPSA) is 306 Å². The molecule has 0 bridgehead atoms. The van der Waals surface area contributed by atoms with Crippen LogP contribution in [0.5, 0.6) is 0 Å². The third-order valence-corrected chi connectivity index (χ3v) is 7.68. The lowest BCUT2D eigenvalue weighted by Gasteiger charge is -2.26. The second-order valence-electron chi connectivity index (χ2n) is 11.4. The van der Waals surface area contributed by atoms with Gasteiger partial charge in [0.2, 0.25) is 29.5 Å². The van der Waals surface area contributed by atoms with E-state index in [1.54, 1.807) is 6.21 Å². The van der Waals surface area contributed by atoms with Crippen LogP contribution < -0.4 is 43.8 Å². The summed E-state index contributed by atoms with van der Waals surface area (Å²) in [5.74, 6) is -4.87. The Balaban J connectivity index is 2.78. The molecule has 0 aromatic carbocycles. The van der Waals surface area contributed by atoms with Crippen LogP contribution in [0.15, 0.2) is 9.98 Å². The van der Waals surface area contributed by atoms with Crippen molar-refractivity contribution >= 4 is 60.3 Å². The largest absolute Gasteiger partial charge is 0.480 e. The first-order valence-electron chi connectivity index (χ1n) is 15.4. The normalized spacial score (nSPS) is 19.2. The second-order valence-corrected chi connectivity index (χ2v) is 11.8. The first-order valence-corrected chi connectivity index (χ1v) is 16.1. The molecule has 0 fully saturated rings. The number of carboxylic acids is 1. The number of unbranched alkanes of at least 4 members (excludes halogenated alkanes) is 1. The summed E-state index contributed by atoms with van der Waals surface area (Å²) in [5, 5.41) is 31.8. The van der Waals surface area contributed by atoms with Crippen molar-refractivity contribution in [1.29, 1.82) is 0 Å². The monoisotopic (exact) mass is 686 g/mol. The number of carbonyl (C=O) groups excluding carboxylic acids is 5. The molecule has 5 amide bonds. The molecule has 0 saturated heterocycles. The summed E-state index contributed by atoms with van der Waals surface area (Å²) in [6.07, 6.45) is 2.62. The number of guanidine groups is 1.